The molecule has 35 heavy (non-hydrogen) atoms. The molecule has 1 unspecified atom stereocenters. The van der Waals surface area contributed by atoms with Gasteiger partial charge in [0.05, 0.1) is 22.9 Å². The van der Waals surface area contributed by atoms with Crippen molar-refractivity contribution < 1.29 is 19.3 Å². The lowest BCUT2D eigenvalue weighted by molar-refractivity contribution is -0.384. The molecule has 2 aliphatic rings. The van der Waals surface area contributed by atoms with E-state index in [4.69, 9.17) is 4.99 Å². The lowest BCUT2D eigenvalue weighted by Crippen LogP contribution is -2.29. The van der Waals surface area contributed by atoms with Crippen molar-refractivity contribution in [2.75, 3.05) is 5.32 Å². The Labute approximate surface area is 199 Å². The minimum Gasteiger partial charge on any atom is -0.325 e. The van der Waals surface area contributed by atoms with Gasteiger partial charge in [-0.25, -0.2) is 0 Å². The number of fused-ring (bicyclic) bond motifs is 1. The predicted molar refractivity (Wildman–Crippen MR) is 128 cm³/mol. The number of amides is 3. The van der Waals surface area contributed by atoms with Gasteiger partial charge in [-0.15, -0.1) is 0 Å². The molecule has 9 nitrogen and oxygen atoms in total. The molecule has 1 atom stereocenters. The van der Waals surface area contributed by atoms with E-state index in [0.717, 1.165) is 10.5 Å². The maximum absolute atomic E-state index is 13.0. The summed E-state index contributed by atoms with van der Waals surface area (Å²) < 4.78 is 0. The highest BCUT2D eigenvalue weighted by atomic mass is 16.6. The molecule has 5 rings (SSSR count). The molecule has 1 N–H and O–H groups in total. The maximum atomic E-state index is 13.0. The van der Waals surface area contributed by atoms with Crippen molar-refractivity contribution in [3.05, 3.63) is 112 Å². The summed E-state index contributed by atoms with van der Waals surface area (Å²) in [5.74, 6) is -1.87. The molecule has 0 radical (unpaired) electrons. The molecule has 0 bridgehead atoms. The summed E-state index contributed by atoms with van der Waals surface area (Å²) in [6.45, 7) is 0.141. The van der Waals surface area contributed by atoms with Crippen LogP contribution in [0.3, 0.4) is 0 Å². The predicted octanol–water partition coefficient (Wildman–Crippen LogP) is 3.88. The van der Waals surface area contributed by atoms with Gasteiger partial charge >= 0.3 is 0 Å². The molecule has 0 fully saturated rings. The number of carbonyl (C=O) groups excluding carboxylic acids is 3. The number of anilines is 1. The fourth-order valence-corrected chi connectivity index (χ4v) is 4.12. The van der Waals surface area contributed by atoms with Gasteiger partial charge < -0.3 is 5.32 Å². The lowest BCUT2D eigenvalue weighted by Gasteiger charge is -2.15. The molecule has 172 valence electrons. The van der Waals surface area contributed by atoms with E-state index >= 15 is 0 Å². The fourth-order valence-electron chi connectivity index (χ4n) is 4.12. The van der Waals surface area contributed by atoms with Gasteiger partial charge in [-0.1, -0.05) is 42.5 Å². The van der Waals surface area contributed by atoms with Crippen molar-refractivity contribution in [1.82, 2.24) is 4.90 Å². The SMILES string of the molecule is O=C1Nc2ccc([N+](=O)[O-])cc2C1C(=Nc1ccc(CN2C(=O)C=CC2=O)cc1)c1ccccc1. The Kier molecular flexibility index (Phi) is 5.50. The summed E-state index contributed by atoms with van der Waals surface area (Å²) in [6.07, 6.45) is 2.48. The highest BCUT2D eigenvalue weighted by Gasteiger charge is 2.36. The van der Waals surface area contributed by atoms with Crippen LogP contribution >= 0.6 is 0 Å². The van der Waals surface area contributed by atoms with E-state index in [2.05, 4.69) is 5.32 Å². The average molecular weight is 466 g/mol. The molecule has 0 aromatic heterocycles. The van der Waals surface area contributed by atoms with Crippen LogP contribution in [-0.4, -0.2) is 33.3 Å². The average Bonchev–Trinajstić information content (AvgIpc) is 3.36. The second kappa shape index (κ2) is 8.79. The van der Waals surface area contributed by atoms with Crippen molar-refractivity contribution in [1.29, 1.82) is 0 Å². The number of imide groups is 1. The quantitative estimate of drug-likeness (QED) is 0.256. The summed E-state index contributed by atoms with van der Waals surface area (Å²) in [5.41, 5.74) is 3.34. The van der Waals surface area contributed by atoms with E-state index in [1.165, 1.54) is 30.4 Å². The first-order chi connectivity index (χ1) is 16.9. The van der Waals surface area contributed by atoms with Crippen molar-refractivity contribution >= 4 is 40.5 Å². The molecular weight excluding hydrogens is 448 g/mol. The maximum Gasteiger partial charge on any atom is 0.269 e. The first-order valence-corrected chi connectivity index (χ1v) is 10.8. The summed E-state index contributed by atoms with van der Waals surface area (Å²) in [6, 6.07) is 20.4. The van der Waals surface area contributed by atoms with Crippen LogP contribution in [0.2, 0.25) is 0 Å². The molecule has 3 amide bonds. The molecule has 0 aliphatic carbocycles. The molecule has 0 spiro atoms. The van der Waals surface area contributed by atoms with E-state index in [0.29, 0.717) is 28.2 Å². The third kappa shape index (κ3) is 4.22. The van der Waals surface area contributed by atoms with Gasteiger partial charge in [0.2, 0.25) is 5.91 Å². The molecule has 3 aromatic carbocycles. The number of benzene rings is 3. The number of carbonyl (C=O) groups is 3. The highest BCUT2D eigenvalue weighted by molar-refractivity contribution is 6.24. The third-order valence-electron chi connectivity index (χ3n) is 5.85. The first kappa shape index (κ1) is 21.9. The van der Waals surface area contributed by atoms with Gasteiger partial charge in [0.15, 0.2) is 0 Å². The minimum absolute atomic E-state index is 0.109. The van der Waals surface area contributed by atoms with Crippen LogP contribution in [0.5, 0.6) is 0 Å². The first-order valence-electron chi connectivity index (χ1n) is 10.8. The van der Waals surface area contributed by atoms with Crippen LogP contribution in [0.4, 0.5) is 17.1 Å². The second-order valence-corrected chi connectivity index (χ2v) is 8.08. The van der Waals surface area contributed by atoms with Crippen molar-refractivity contribution in [3.8, 4) is 0 Å². The summed E-state index contributed by atoms with van der Waals surface area (Å²) in [5, 5.41) is 14.1. The summed E-state index contributed by atoms with van der Waals surface area (Å²) in [7, 11) is 0. The van der Waals surface area contributed by atoms with Crippen LogP contribution in [-0.2, 0) is 20.9 Å². The topological polar surface area (TPSA) is 122 Å². The second-order valence-electron chi connectivity index (χ2n) is 8.08. The van der Waals surface area contributed by atoms with Gasteiger partial charge in [-0.3, -0.25) is 34.4 Å². The van der Waals surface area contributed by atoms with Crippen LogP contribution in [0.1, 0.15) is 22.6 Å². The standard InChI is InChI=1S/C26H18N4O5/c31-22-12-13-23(32)29(22)15-16-6-8-18(9-7-16)27-25(17-4-2-1-3-5-17)24-20-14-19(30(34)35)10-11-21(20)28-26(24)33/h1-14,24H,15H2,(H,28,33). The Morgan fingerprint density at radius 2 is 1.63 bits per heavy atom. The zero-order chi connectivity index (χ0) is 24.5. The molecule has 9 heteroatoms. The van der Waals surface area contributed by atoms with Gasteiger partial charge in [0, 0.05) is 35.5 Å². The minimum atomic E-state index is -0.835. The Bertz CT molecular complexity index is 1410. The van der Waals surface area contributed by atoms with E-state index in [9.17, 15) is 24.5 Å². The van der Waals surface area contributed by atoms with Gasteiger partial charge in [0.25, 0.3) is 17.5 Å². The monoisotopic (exact) mass is 466 g/mol. The number of nitro benzene ring substituents is 1. The number of rotatable bonds is 6. The fraction of sp³-hybridized carbons (Fsp3) is 0.0769. The van der Waals surface area contributed by atoms with E-state index in [1.807, 2.05) is 30.3 Å². The lowest BCUT2D eigenvalue weighted by atomic mass is 9.90. The largest absolute Gasteiger partial charge is 0.325 e. The molecule has 0 saturated heterocycles. The van der Waals surface area contributed by atoms with Crippen LogP contribution in [0, 0.1) is 10.1 Å². The van der Waals surface area contributed by atoms with Gasteiger partial charge in [0.1, 0.15) is 5.92 Å². The number of non-ortho nitro benzene ring substituents is 1. The normalized spacial score (nSPS) is 17.0. The Balaban J connectivity index is 1.52. The molecule has 3 aromatic rings. The summed E-state index contributed by atoms with van der Waals surface area (Å²) >= 11 is 0. The van der Waals surface area contributed by atoms with E-state index in [1.54, 1.807) is 24.3 Å². The van der Waals surface area contributed by atoms with Gasteiger partial charge in [-0.05, 0) is 29.3 Å². The molecule has 0 saturated carbocycles. The Hall–Kier alpha value is -4.92. The van der Waals surface area contributed by atoms with Gasteiger partial charge in [-0.2, -0.15) is 0 Å². The molecule has 2 aliphatic heterocycles. The molecule has 2 heterocycles. The number of nitrogens with zero attached hydrogens (tertiary/aromatic N) is 3. The van der Waals surface area contributed by atoms with Crippen LogP contribution < -0.4 is 5.32 Å². The van der Waals surface area contributed by atoms with Crippen LogP contribution in [0.25, 0.3) is 0 Å². The smallest absolute Gasteiger partial charge is 0.269 e. The van der Waals surface area contributed by atoms with E-state index < -0.39 is 10.8 Å². The summed E-state index contributed by atoms with van der Waals surface area (Å²) in [4.78, 5) is 53.4. The molecular formula is C26H18N4O5. The Morgan fingerprint density at radius 3 is 2.29 bits per heavy atom. The zero-order valence-electron chi connectivity index (χ0n) is 18.3. The Morgan fingerprint density at radius 1 is 0.943 bits per heavy atom. The van der Waals surface area contributed by atoms with Crippen molar-refractivity contribution in [3.63, 3.8) is 0 Å². The van der Waals surface area contributed by atoms with Crippen LogP contribution in [0.15, 0.2) is 89.9 Å². The number of nitro groups is 1. The number of aliphatic imine (C=N–C) groups is 1. The number of hydrogen-bond donors (Lipinski definition) is 1. The number of hydrogen-bond acceptors (Lipinski definition) is 6. The number of nitrogens with one attached hydrogen (secondary N) is 1. The van der Waals surface area contributed by atoms with E-state index in [-0.39, 0.29) is 30.0 Å². The van der Waals surface area contributed by atoms with Crippen molar-refractivity contribution in [2.45, 2.75) is 12.5 Å². The zero-order valence-corrected chi connectivity index (χ0v) is 18.3. The third-order valence-corrected chi connectivity index (χ3v) is 5.85. The van der Waals surface area contributed by atoms with Crippen molar-refractivity contribution in [2.24, 2.45) is 4.99 Å². The highest BCUT2D eigenvalue weighted by Crippen LogP contribution is 2.38.